The SMILES string of the molecule is CCCCOc1ccc(C(=O)Nc2cccc(-c3ccc4nncn4n3)c2)cc1. The number of anilines is 1. The Labute approximate surface area is 168 Å². The number of fused-ring (bicyclic) bond motifs is 1. The summed E-state index contributed by atoms with van der Waals surface area (Å²) < 4.78 is 7.26. The molecule has 0 saturated heterocycles. The molecule has 0 fully saturated rings. The number of nitrogens with zero attached hydrogens (tertiary/aromatic N) is 4. The molecule has 4 rings (SSSR count). The minimum absolute atomic E-state index is 0.176. The summed E-state index contributed by atoms with van der Waals surface area (Å²) in [7, 11) is 0. The lowest BCUT2D eigenvalue weighted by molar-refractivity contribution is 0.102. The maximum absolute atomic E-state index is 12.6. The predicted molar refractivity (Wildman–Crippen MR) is 111 cm³/mol. The van der Waals surface area contributed by atoms with Crippen molar-refractivity contribution in [3.05, 3.63) is 72.6 Å². The molecule has 1 amide bonds. The maximum Gasteiger partial charge on any atom is 0.255 e. The van der Waals surface area contributed by atoms with Crippen LogP contribution in [-0.2, 0) is 0 Å². The number of hydrogen-bond acceptors (Lipinski definition) is 5. The van der Waals surface area contributed by atoms with E-state index in [9.17, 15) is 4.79 Å². The van der Waals surface area contributed by atoms with E-state index in [4.69, 9.17) is 4.74 Å². The second-order valence-electron chi connectivity index (χ2n) is 6.61. The van der Waals surface area contributed by atoms with Crippen molar-refractivity contribution in [2.24, 2.45) is 0 Å². The van der Waals surface area contributed by atoms with Gasteiger partial charge >= 0.3 is 0 Å². The van der Waals surface area contributed by atoms with Crippen molar-refractivity contribution in [1.29, 1.82) is 0 Å². The van der Waals surface area contributed by atoms with Gasteiger partial charge in [-0.05, 0) is 55.0 Å². The Kier molecular flexibility index (Phi) is 5.47. The molecule has 2 aromatic carbocycles. The number of carbonyl (C=O) groups is 1. The molecule has 0 aliphatic rings. The number of ether oxygens (including phenoxy) is 1. The second-order valence-corrected chi connectivity index (χ2v) is 6.61. The Morgan fingerprint density at radius 2 is 1.97 bits per heavy atom. The molecule has 2 aromatic heterocycles. The summed E-state index contributed by atoms with van der Waals surface area (Å²) in [5.41, 5.74) is 3.60. The topological polar surface area (TPSA) is 81.4 Å². The smallest absolute Gasteiger partial charge is 0.255 e. The molecule has 0 atom stereocenters. The number of hydrogen-bond donors (Lipinski definition) is 1. The number of amides is 1. The molecule has 29 heavy (non-hydrogen) atoms. The fourth-order valence-corrected chi connectivity index (χ4v) is 2.88. The normalized spacial score (nSPS) is 10.8. The van der Waals surface area contributed by atoms with Crippen molar-refractivity contribution < 1.29 is 9.53 Å². The summed E-state index contributed by atoms with van der Waals surface area (Å²) in [6.45, 7) is 2.80. The first kappa shape index (κ1) is 18.6. The first-order chi connectivity index (χ1) is 14.2. The van der Waals surface area contributed by atoms with Crippen LogP contribution in [0.2, 0.25) is 0 Å². The van der Waals surface area contributed by atoms with Crippen molar-refractivity contribution in [3.63, 3.8) is 0 Å². The zero-order valence-corrected chi connectivity index (χ0v) is 16.1. The molecule has 0 radical (unpaired) electrons. The van der Waals surface area contributed by atoms with E-state index in [1.54, 1.807) is 23.0 Å². The van der Waals surface area contributed by atoms with E-state index in [1.165, 1.54) is 0 Å². The Morgan fingerprint density at radius 3 is 2.79 bits per heavy atom. The Morgan fingerprint density at radius 1 is 1.10 bits per heavy atom. The molecule has 0 unspecified atom stereocenters. The van der Waals surface area contributed by atoms with Crippen LogP contribution in [0.4, 0.5) is 5.69 Å². The monoisotopic (exact) mass is 387 g/mol. The number of aromatic nitrogens is 4. The highest BCUT2D eigenvalue weighted by atomic mass is 16.5. The largest absolute Gasteiger partial charge is 0.494 e. The highest BCUT2D eigenvalue weighted by molar-refractivity contribution is 6.04. The van der Waals surface area contributed by atoms with Gasteiger partial charge in [-0.3, -0.25) is 4.79 Å². The lowest BCUT2D eigenvalue weighted by Gasteiger charge is -2.09. The summed E-state index contributed by atoms with van der Waals surface area (Å²) in [5.74, 6) is 0.594. The molecule has 0 aliphatic carbocycles. The minimum Gasteiger partial charge on any atom is -0.494 e. The standard InChI is InChI=1S/C22H21N5O2/c1-2-3-13-29-19-9-7-16(8-10-19)22(28)24-18-6-4-5-17(14-18)20-11-12-21-25-23-15-27(21)26-20/h4-12,14-15H,2-3,13H2,1H3,(H,24,28). The van der Waals surface area contributed by atoms with Gasteiger partial charge in [0.1, 0.15) is 12.1 Å². The second kappa shape index (κ2) is 8.52. The van der Waals surface area contributed by atoms with E-state index >= 15 is 0 Å². The lowest BCUT2D eigenvalue weighted by atomic mass is 10.1. The van der Waals surface area contributed by atoms with E-state index < -0.39 is 0 Å². The quantitative estimate of drug-likeness (QED) is 0.480. The molecule has 4 aromatic rings. The number of unbranched alkanes of at least 4 members (excludes halogenated alkanes) is 1. The molecule has 1 N–H and O–H groups in total. The molecule has 0 saturated carbocycles. The van der Waals surface area contributed by atoms with E-state index in [-0.39, 0.29) is 5.91 Å². The van der Waals surface area contributed by atoms with E-state index in [0.29, 0.717) is 23.5 Å². The maximum atomic E-state index is 12.6. The van der Waals surface area contributed by atoms with Gasteiger partial charge in [-0.2, -0.15) is 9.61 Å². The van der Waals surface area contributed by atoms with Gasteiger partial charge in [-0.15, -0.1) is 10.2 Å². The third kappa shape index (κ3) is 4.40. The fourth-order valence-electron chi connectivity index (χ4n) is 2.88. The summed E-state index contributed by atoms with van der Waals surface area (Å²) >= 11 is 0. The van der Waals surface area contributed by atoms with Crippen LogP contribution in [0.5, 0.6) is 5.75 Å². The fraction of sp³-hybridized carbons (Fsp3) is 0.182. The molecule has 146 valence electrons. The Bertz CT molecular complexity index is 1120. The predicted octanol–water partition coefficient (Wildman–Crippen LogP) is 4.22. The van der Waals surface area contributed by atoms with Crippen LogP contribution in [0.3, 0.4) is 0 Å². The van der Waals surface area contributed by atoms with Gasteiger partial charge in [0, 0.05) is 16.8 Å². The summed E-state index contributed by atoms with van der Waals surface area (Å²) in [6, 6.07) is 18.5. The van der Waals surface area contributed by atoms with Gasteiger partial charge < -0.3 is 10.1 Å². The summed E-state index contributed by atoms with van der Waals surface area (Å²) in [6.07, 6.45) is 3.65. The van der Waals surface area contributed by atoms with Crippen LogP contribution < -0.4 is 10.1 Å². The van der Waals surface area contributed by atoms with Crippen LogP contribution in [0.15, 0.2) is 67.0 Å². The summed E-state index contributed by atoms with van der Waals surface area (Å²) in [4.78, 5) is 12.6. The van der Waals surface area contributed by atoms with Crippen LogP contribution in [0, 0.1) is 0 Å². The van der Waals surface area contributed by atoms with Crippen LogP contribution in [0.25, 0.3) is 16.9 Å². The van der Waals surface area contributed by atoms with Gasteiger partial charge in [0.15, 0.2) is 5.65 Å². The number of rotatable bonds is 7. The number of benzene rings is 2. The van der Waals surface area contributed by atoms with Gasteiger partial charge in [0.2, 0.25) is 0 Å². The Hall–Kier alpha value is -3.74. The minimum atomic E-state index is -0.176. The third-order valence-electron chi connectivity index (χ3n) is 4.46. The molecular formula is C22H21N5O2. The molecule has 2 heterocycles. The number of nitrogens with one attached hydrogen (secondary N) is 1. The highest BCUT2D eigenvalue weighted by Gasteiger charge is 2.08. The van der Waals surface area contributed by atoms with E-state index in [1.807, 2.05) is 48.5 Å². The number of carbonyl (C=O) groups excluding carboxylic acids is 1. The third-order valence-corrected chi connectivity index (χ3v) is 4.46. The average molecular weight is 387 g/mol. The Balaban J connectivity index is 1.46. The van der Waals surface area contributed by atoms with Crippen molar-refractivity contribution in [2.75, 3.05) is 11.9 Å². The zero-order chi connectivity index (χ0) is 20.1. The van der Waals surface area contributed by atoms with Gasteiger partial charge in [0.05, 0.1) is 12.3 Å². The van der Waals surface area contributed by atoms with Crippen LogP contribution in [0.1, 0.15) is 30.1 Å². The summed E-state index contributed by atoms with van der Waals surface area (Å²) in [5, 5.41) is 15.2. The van der Waals surface area contributed by atoms with E-state index in [2.05, 4.69) is 27.5 Å². The van der Waals surface area contributed by atoms with Crippen molar-refractivity contribution in [3.8, 4) is 17.0 Å². The first-order valence-electron chi connectivity index (χ1n) is 9.54. The molecular weight excluding hydrogens is 366 g/mol. The average Bonchev–Trinajstić information content (AvgIpc) is 3.22. The van der Waals surface area contributed by atoms with Crippen LogP contribution >= 0.6 is 0 Å². The van der Waals surface area contributed by atoms with Crippen molar-refractivity contribution in [1.82, 2.24) is 19.8 Å². The molecule has 0 spiro atoms. The zero-order valence-electron chi connectivity index (χ0n) is 16.1. The highest BCUT2D eigenvalue weighted by Crippen LogP contribution is 2.22. The van der Waals surface area contributed by atoms with Crippen LogP contribution in [-0.4, -0.2) is 32.3 Å². The van der Waals surface area contributed by atoms with Gasteiger partial charge in [-0.1, -0.05) is 25.5 Å². The molecule has 7 nitrogen and oxygen atoms in total. The lowest BCUT2D eigenvalue weighted by Crippen LogP contribution is -2.11. The molecule has 0 aliphatic heterocycles. The molecule has 7 heteroatoms. The van der Waals surface area contributed by atoms with Gasteiger partial charge in [0.25, 0.3) is 5.91 Å². The van der Waals surface area contributed by atoms with E-state index in [0.717, 1.165) is 29.8 Å². The first-order valence-corrected chi connectivity index (χ1v) is 9.54. The van der Waals surface area contributed by atoms with Gasteiger partial charge in [-0.25, -0.2) is 0 Å². The van der Waals surface area contributed by atoms with Crippen molar-refractivity contribution >= 4 is 17.2 Å². The van der Waals surface area contributed by atoms with Crippen molar-refractivity contribution in [2.45, 2.75) is 19.8 Å². The molecule has 0 bridgehead atoms.